The zero-order valence-corrected chi connectivity index (χ0v) is 17.0. The molecule has 2 atom stereocenters. The topological polar surface area (TPSA) is 58.1 Å². The number of nitrogens with zero attached hydrogens (tertiary/aromatic N) is 3. The normalized spacial score (nSPS) is 17.2. The molecule has 1 aliphatic heterocycles. The Hall–Kier alpha value is -3.35. The average Bonchev–Trinajstić information content (AvgIpc) is 2.79. The fourth-order valence-corrected chi connectivity index (χ4v) is 4.02. The van der Waals surface area contributed by atoms with Gasteiger partial charge in [-0.15, -0.1) is 0 Å². The number of carbonyl (C=O) groups excluding carboxylic acids is 1. The Balaban J connectivity index is 1.51. The van der Waals surface area contributed by atoms with Crippen molar-refractivity contribution in [2.45, 2.75) is 25.3 Å². The van der Waals surface area contributed by atoms with Crippen LogP contribution in [0.4, 0.5) is 14.6 Å². The highest BCUT2D eigenvalue weighted by Gasteiger charge is 2.28. The van der Waals surface area contributed by atoms with Crippen molar-refractivity contribution in [3.63, 3.8) is 0 Å². The van der Waals surface area contributed by atoms with Gasteiger partial charge in [0.2, 0.25) is 5.91 Å². The summed E-state index contributed by atoms with van der Waals surface area (Å²) in [6, 6.07) is 12.0. The molecule has 2 unspecified atom stereocenters. The first-order valence-corrected chi connectivity index (χ1v) is 10.4. The fraction of sp³-hybridized carbons (Fsp3) is 0.292. The lowest BCUT2D eigenvalue weighted by molar-refractivity contribution is -0.126. The van der Waals surface area contributed by atoms with Crippen LogP contribution in [0.15, 0.2) is 67.1 Å². The zero-order chi connectivity index (χ0) is 21.6. The van der Waals surface area contributed by atoms with Gasteiger partial charge in [0.25, 0.3) is 0 Å². The quantitative estimate of drug-likeness (QED) is 0.651. The van der Waals surface area contributed by atoms with Crippen LogP contribution in [0.2, 0.25) is 0 Å². The number of hydrogen-bond acceptors (Lipinski definition) is 4. The van der Waals surface area contributed by atoms with Crippen molar-refractivity contribution in [1.29, 1.82) is 0 Å². The summed E-state index contributed by atoms with van der Waals surface area (Å²) in [5.41, 5.74) is 1.39. The molecule has 0 spiro atoms. The number of nitrogens with one attached hydrogen (secondary N) is 1. The highest BCUT2D eigenvalue weighted by atomic mass is 19.1. The third-order valence-electron chi connectivity index (χ3n) is 5.56. The Kier molecular flexibility index (Phi) is 6.50. The van der Waals surface area contributed by atoms with Gasteiger partial charge in [0.15, 0.2) is 0 Å². The lowest BCUT2D eigenvalue weighted by Gasteiger charge is -2.33. The number of benzene rings is 2. The van der Waals surface area contributed by atoms with Crippen LogP contribution in [0.5, 0.6) is 0 Å². The highest BCUT2D eigenvalue weighted by molar-refractivity contribution is 5.80. The Bertz CT molecular complexity index is 1030. The predicted molar refractivity (Wildman–Crippen MR) is 114 cm³/mol. The molecular formula is C24H24F2N4O. The molecule has 31 heavy (non-hydrogen) atoms. The molecule has 160 valence electrons. The van der Waals surface area contributed by atoms with Crippen molar-refractivity contribution >= 4 is 11.7 Å². The maximum absolute atomic E-state index is 13.9. The van der Waals surface area contributed by atoms with Crippen LogP contribution in [-0.2, 0) is 11.2 Å². The molecule has 0 saturated carbocycles. The minimum absolute atomic E-state index is 0.0979. The van der Waals surface area contributed by atoms with Gasteiger partial charge in [-0.2, -0.15) is 0 Å². The molecule has 1 aliphatic rings. The number of rotatable bonds is 6. The summed E-state index contributed by atoms with van der Waals surface area (Å²) in [6.45, 7) is 1.36. The number of aromatic nitrogens is 2. The van der Waals surface area contributed by atoms with Gasteiger partial charge in [-0.1, -0.05) is 24.3 Å². The number of anilines is 1. The maximum atomic E-state index is 13.9. The van der Waals surface area contributed by atoms with E-state index in [1.54, 1.807) is 42.9 Å². The number of carbonyl (C=O) groups is 1. The van der Waals surface area contributed by atoms with E-state index in [9.17, 15) is 13.6 Å². The van der Waals surface area contributed by atoms with Gasteiger partial charge in [0.05, 0.1) is 18.2 Å². The summed E-state index contributed by atoms with van der Waals surface area (Å²) in [4.78, 5) is 23.7. The molecule has 5 nitrogen and oxygen atoms in total. The number of hydrogen-bond donors (Lipinski definition) is 1. The van der Waals surface area contributed by atoms with Gasteiger partial charge in [0.1, 0.15) is 17.5 Å². The largest absolute Gasteiger partial charge is 0.355 e. The van der Waals surface area contributed by atoms with E-state index in [0.29, 0.717) is 18.5 Å². The minimum atomic E-state index is -0.461. The summed E-state index contributed by atoms with van der Waals surface area (Å²) >= 11 is 0. The first-order chi connectivity index (χ1) is 15.1. The van der Waals surface area contributed by atoms with Gasteiger partial charge in [-0.05, 0) is 54.7 Å². The first kappa shape index (κ1) is 20.9. The van der Waals surface area contributed by atoms with Crippen LogP contribution in [0.25, 0.3) is 0 Å². The molecule has 1 aromatic heterocycles. The predicted octanol–water partition coefficient (Wildman–Crippen LogP) is 4.07. The second-order valence-corrected chi connectivity index (χ2v) is 7.80. The molecule has 2 heterocycles. The van der Waals surface area contributed by atoms with Gasteiger partial charge in [-0.25, -0.2) is 13.8 Å². The van der Waals surface area contributed by atoms with E-state index in [-0.39, 0.29) is 23.5 Å². The monoisotopic (exact) mass is 422 g/mol. The van der Waals surface area contributed by atoms with Gasteiger partial charge < -0.3 is 10.2 Å². The molecule has 7 heteroatoms. The van der Waals surface area contributed by atoms with Gasteiger partial charge >= 0.3 is 0 Å². The second-order valence-electron chi connectivity index (χ2n) is 7.80. The number of amides is 1. The van der Waals surface area contributed by atoms with E-state index >= 15 is 0 Å². The van der Waals surface area contributed by atoms with E-state index in [2.05, 4.69) is 20.2 Å². The molecule has 3 aromatic rings. The summed E-state index contributed by atoms with van der Waals surface area (Å²) in [7, 11) is 0. The third kappa shape index (κ3) is 5.42. The van der Waals surface area contributed by atoms with E-state index in [1.165, 1.54) is 24.3 Å². The standard InChI is InChI=1S/C24H24F2N4O/c25-20-7-1-4-17(12-20)13-22(18-5-2-8-21(26)14-18)29-24(31)19-6-3-11-30(16-19)23-15-27-9-10-28-23/h1-2,4-5,7-10,12,14-15,19,22H,3,6,11,13,16H2,(H,29,31). The van der Waals surface area contributed by atoms with E-state index < -0.39 is 6.04 Å². The second kappa shape index (κ2) is 9.64. The van der Waals surface area contributed by atoms with Crippen molar-refractivity contribution in [1.82, 2.24) is 15.3 Å². The molecule has 1 fully saturated rings. The lowest BCUT2D eigenvalue weighted by Crippen LogP contribution is -2.44. The highest BCUT2D eigenvalue weighted by Crippen LogP contribution is 2.24. The number of halogens is 2. The molecule has 0 aliphatic carbocycles. The summed E-state index contributed by atoms with van der Waals surface area (Å²) in [5.74, 6) is -0.281. The lowest BCUT2D eigenvalue weighted by atomic mass is 9.94. The smallest absolute Gasteiger partial charge is 0.225 e. The van der Waals surface area contributed by atoms with Crippen molar-refractivity contribution in [3.8, 4) is 0 Å². The zero-order valence-electron chi connectivity index (χ0n) is 17.0. The summed E-state index contributed by atoms with van der Waals surface area (Å²) in [5, 5.41) is 3.08. The Morgan fingerprint density at radius 1 is 1.13 bits per heavy atom. The molecular weight excluding hydrogens is 398 g/mol. The van der Waals surface area contributed by atoms with Crippen LogP contribution in [0.1, 0.15) is 30.0 Å². The Morgan fingerprint density at radius 2 is 1.94 bits per heavy atom. The van der Waals surface area contributed by atoms with Gasteiger partial charge in [0, 0.05) is 25.5 Å². The Labute approximate surface area is 180 Å². The maximum Gasteiger partial charge on any atom is 0.225 e. The third-order valence-corrected chi connectivity index (χ3v) is 5.56. The molecule has 0 radical (unpaired) electrons. The molecule has 1 amide bonds. The fourth-order valence-electron chi connectivity index (χ4n) is 4.02. The van der Waals surface area contributed by atoms with Crippen molar-refractivity contribution < 1.29 is 13.6 Å². The first-order valence-electron chi connectivity index (χ1n) is 10.4. The number of piperidine rings is 1. The van der Waals surface area contributed by atoms with Gasteiger partial charge in [-0.3, -0.25) is 9.78 Å². The van der Waals surface area contributed by atoms with E-state index in [4.69, 9.17) is 0 Å². The minimum Gasteiger partial charge on any atom is -0.355 e. The molecule has 4 rings (SSSR count). The molecule has 0 bridgehead atoms. The van der Waals surface area contributed by atoms with Crippen LogP contribution in [0.3, 0.4) is 0 Å². The van der Waals surface area contributed by atoms with E-state index in [1.807, 2.05) is 0 Å². The summed E-state index contributed by atoms with van der Waals surface area (Å²) < 4.78 is 27.5. The van der Waals surface area contributed by atoms with Crippen LogP contribution in [0, 0.1) is 17.6 Å². The van der Waals surface area contributed by atoms with Crippen LogP contribution >= 0.6 is 0 Å². The van der Waals surface area contributed by atoms with E-state index in [0.717, 1.165) is 30.8 Å². The van der Waals surface area contributed by atoms with Crippen LogP contribution in [-0.4, -0.2) is 29.0 Å². The molecule has 1 saturated heterocycles. The SMILES string of the molecule is O=C(NC(Cc1cccc(F)c1)c1cccc(F)c1)C1CCCN(c2cnccn2)C1. The van der Waals surface area contributed by atoms with Crippen molar-refractivity contribution in [2.75, 3.05) is 18.0 Å². The van der Waals surface area contributed by atoms with Crippen LogP contribution < -0.4 is 10.2 Å². The van der Waals surface area contributed by atoms with Crippen molar-refractivity contribution in [2.24, 2.45) is 5.92 Å². The molecule has 1 N–H and O–H groups in total. The van der Waals surface area contributed by atoms with Crippen molar-refractivity contribution in [3.05, 3.63) is 89.9 Å². The molecule has 2 aromatic carbocycles. The average molecular weight is 422 g/mol. The Morgan fingerprint density at radius 3 is 2.68 bits per heavy atom. The summed E-state index contributed by atoms with van der Waals surface area (Å²) in [6.07, 6.45) is 6.95.